The van der Waals surface area contributed by atoms with Crippen LogP contribution < -0.4 is 0 Å². The van der Waals surface area contributed by atoms with Gasteiger partial charge in [-0.1, -0.05) is 32.9 Å². The number of likely N-dealkylation sites (tertiary alicyclic amines) is 1. The largest absolute Gasteiger partial charge is 0.303 e. The molecular weight excluding hydrogens is 186 g/mol. The molecule has 2 nitrogen and oxygen atoms in total. The van der Waals surface area contributed by atoms with Gasteiger partial charge in [-0.15, -0.1) is 0 Å². The molecule has 1 atom stereocenters. The van der Waals surface area contributed by atoms with Crippen LogP contribution in [-0.2, 0) is 4.79 Å². The Morgan fingerprint density at radius 3 is 2.07 bits per heavy atom. The van der Waals surface area contributed by atoms with E-state index in [0.717, 1.165) is 6.29 Å². The molecule has 15 heavy (non-hydrogen) atoms. The van der Waals surface area contributed by atoms with Gasteiger partial charge in [0.2, 0.25) is 0 Å². The first-order chi connectivity index (χ1) is 6.78. The SMILES string of the molecule is C=C(C)C1CCCN1C.CC(C)(C)C=O. The molecular formula is C13H25NO. The van der Waals surface area contributed by atoms with Gasteiger partial charge in [-0.2, -0.15) is 0 Å². The van der Waals surface area contributed by atoms with E-state index in [2.05, 4.69) is 25.5 Å². The molecule has 1 unspecified atom stereocenters. The highest BCUT2D eigenvalue weighted by atomic mass is 16.1. The van der Waals surface area contributed by atoms with Gasteiger partial charge in [0, 0.05) is 11.5 Å². The van der Waals surface area contributed by atoms with Crippen molar-refractivity contribution in [3.8, 4) is 0 Å². The maximum atomic E-state index is 9.83. The van der Waals surface area contributed by atoms with Crippen molar-refractivity contribution < 1.29 is 4.79 Å². The van der Waals surface area contributed by atoms with Crippen molar-refractivity contribution >= 4 is 6.29 Å². The number of aldehydes is 1. The minimum absolute atomic E-state index is 0.139. The standard InChI is InChI=1S/C8H15N.C5H10O/c1-7(2)8-5-4-6-9(8)3;1-5(2,3)4-6/h8H,1,4-6H2,2-3H3;4H,1-3H3. The minimum atomic E-state index is -0.139. The average molecular weight is 211 g/mol. The van der Waals surface area contributed by atoms with E-state index in [1.54, 1.807) is 0 Å². The van der Waals surface area contributed by atoms with Gasteiger partial charge in [0.05, 0.1) is 0 Å². The van der Waals surface area contributed by atoms with Gasteiger partial charge in [0.1, 0.15) is 6.29 Å². The van der Waals surface area contributed by atoms with Gasteiger partial charge in [-0.25, -0.2) is 0 Å². The molecule has 1 heterocycles. The fourth-order valence-electron chi connectivity index (χ4n) is 1.53. The molecule has 88 valence electrons. The normalized spacial score (nSPS) is 21.8. The first-order valence-electron chi connectivity index (χ1n) is 5.60. The zero-order valence-corrected chi connectivity index (χ0v) is 10.8. The maximum absolute atomic E-state index is 9.83. The van der Waals surface area contributed by atoms with Crippen molar-refractivity contribution in [2.75, 3.05) is 13.6 Å². The summed E-state index contributed by atoms with van der Waals surface area (Å²) in [5, 5.41) is 0. The number of rotatable bonds is 1. The van der Waals surface area contributed by atoms with Crippen molar-refractivity contribution in [3.63, 3.8) is 0 Å². The van der Waals surface area contributed by atoms with E-state index in [0.29, 0.717) is 6.04 Å². The van der Waals surface area contributed by atoms with Crippen LogP contribution in [0.25, 0.3) is 0 Å². The van der Waals surface area contributed by atoms with Crippen molar-refractivity contribution in [1.82, 2.24) is 4.90 Å². The molecule has 0 N–H and O–H groups in total. The van der Waals surface area contributed by atoms with E-state index in [4.69, 9.17) is 0 Å². The van der Waals surface area contributed by atoms with E-state index in [9.17, 15) is 4.79 Å². The lowest BCUT2D eigenvalue weighted by Crippen LogP contribution is -2.25. The Kier molecular flexibility index (Phi) is 5.81. The molecule has 2 heteroatoms. The van der Waals surface area contributed by atoms with Gasteiger partial charge < -0.3 is 4.79 Å². The van der Waals surface area contributed by atoms with Crippen LogP contribution in [0.15, 0.2) is 12.2 Å². The first kappa shape index (κ1) is 14.4. The molecule has 0 aliphatic carbocycles. The summed E-state index contributed by atoms with van der Waals surface area (Å²) in [6, 6.07) is 0.671. The quantitative estimate of drug-likeness (QED) is 0.491. The second kappa shape index (κ2) is 6.06. The molecule has 0 amide bonds. The van der Waals surface area contributed by atoms with Crippen LogP contribution >= 0.6 is 0 Å². The highest BCUT2D eigenvalue weighted by Crippen LogP contribution is 2.19. The fraction of sp³-hybridized carbons (Fsp3) is 0.769. The lowest BCUT2D eigenvalue weighted by molar-refractivity contribution is -0.113. The molecule has 1 saturated heterocycles. The van der Waals surface area contributed by atoms with E-state index in [-0.39, 0.29) is 5.41 Å². The molecule has 0 bridgehead atoms. The second-order valence-electron chi connectivity index (χ2n) is 5.47. The van der Waals surface area contributed by atoms with Crippen LogP contribution in [0, 0.1) is 5.41 Å². The minimum Gasteiger partial charge on any atom is -0.303 e. The predicted molar refractivity (Wildman–Crippen MR) is 66.0 cm³/mol. The van der Waals surface area contributed by atoms with Gasteiger partial charge in [-0.3, -0.25) is 4.90 Å². The number of nitrogens with zero attached hydrogens (tertiary/aromatic N) is 1. The summed E-state index contributed by atoms with van der Waals surface area (Å²) in [5.41, 5.74) is 1.18. The Hall–Kier alpha value is -0.630. The third-order valence-electron chi connectivity index (χ3n) is 2.44. The van der Waals surface area contributed by atoms with Crippen LogP contribution in [0.1, 0.15) is 40.5 Å². The Labute approximate surface area is 94.4 Å². The van der Waals surface area contributed by atoms with Gasteiger partial charge in [-0.05, 0) is 33.4 Å². The smallest absolute Gasteiger partial charge is 0.125 e. The maximum Gasteiger partial charge on any atom is 0.125 e. The summed E-state index contributed by atoms with van der Waals surface area (Å²) in [7, 11) is 2.17. The molecule has 0 spiro atoms. The summed E-state index contributed by atoms with van der Waals surface area (Å²) in [6.07, 6.45) is 3.59. The summed E-state index contributed by atoms with van der Waals surface area (Å²) >= 11 is 0. The van der Waals surface area contributed by atoms with Gasteiger partial charge in [0.25, 0.3) is 0 Å². The zero-order valence-electron chi connectivity index (χ0n) is 10.8. The van der Waals surface area contributed by atoms with Crippen LogP contribution in [0.5, 0.6) is 0 Å². The van der Waals surface area contributed by atoms with Crippen molar-refractivity contribution in [3.05, 3.63) is 12.2 Å². The van der Waals surface area contributed by atoms with Crippen LogP contribution in [0.4, 0.5) is 0 Å². The summed E-state index contributed by atoms with van der Waals surface area (Å²) < 4.78 is 0. The number of likely N-dealkylation sites (N-methyl/N-ethyl adjacent to an activating group) is 1. The topological polar surface area (TPSA) is 20.3 Å². The summed E-state index contributed by atoms with van der Waals surface area (Å²) in [4.78, 5) is 12.2. The molecule has 0 aromatic rings. The van der Waals surface area contributed by atoms with Gasteiger partial charge in [0.15, 0.2) is 0 Å². The molecule has 1 aliphatic heterocycles. The molecule has 0 aromatic heterocycles. The first-order valence-corrected chi connectivity index (χ1v) is 5.60. The Morgan fingerprint density at radius 2 is 1.93 bits per heavy atom. The van der Waals surface area contributed by atoms with E-state index >= 15 is 0 Å². The van der Waals surface area contributed by atoms with Crippen LogP contribution in [-0.4, -0.2) is 30.8 Å². The van der Waals surface area contributed by atoms with E-state index < -0.39 is 0 Å². The molecule has 1 rings (SSSR count). The average Bonchev–Trinajstić information content (AvgIpc) is 2.51. The number of carbonyl (C=O) groups excluding carboxylic acids is 1. The number of carbonyl (C=O) groups is 1. The monoisotopic (exact) mass is 211 g/mol. The van der Waals surface area contributed by atoms with Gasteiger partial charge >= 0.3 is 0 Å². The number of hydrogen-bond donors (Lipinski definition) is 0. The van der Waals surface area contributed by atoms with E-state index in [1.165, 1.54) is 25.0 Å². The fourth-order valence-corrected chi connectivity index (χ4v) is 1.53. The second-order valence-corrected chi connectivity index (χ2v) is 5.47. The lowest BCUT2D eigenvalue weighted by Gasteiger charge is -2.18. The molecule has 1 fully saturated rings. The molecule has 0 radical (unpaired) electrons. The third-order valence-corrected chi connectivity index (χ3v) is 2.44. The predicted octanol–water partition coefficient (Wildman–Crippen LogP) is 2.89. The Bertz CT molecular complexity index is 215. The Morgan fingerprint density at radius 1 is 1.47 bits per heavy atom. The van der Waals surface area contributed by atoms with Crippen molar-refractivity contribution in [1.29, 1.82) is 0 Å². The summed E-state index contributed by atoms with van der Waals surface area (Å²) in [5.74, 6) is 0. The molecule has 0 aromatic carbocycles. The molecule has 1 aliphatic rings. The van der Waals surface area contributed by atoms with Crippen molar-refractivity contribution in [2.45, 2.75) is 46.6 Å². The lowest BCUT2D eigenvalue weighted by atomic mass is 10.0. The molecule has 0 saturated carbocycles. The number of hydrogen-bond acceptors (Lipinski definition) is 2. The highest BCUT2D eigenvalue weighted by molar-refractivity contribution is 5.56. The highest BCUT2D eigenvalue weighted by Gasteiger charge is 2.20. The van der Waals surface area contributed by atoms with Crippen molar-refractivity contribution in [2.24, 2.45) is 5.41 Å². The zero-order chi connectivity index (χ0) is 12.1. The van der Waals surface area contributed by atoms with Crippen LogP contribution in [0.2, 0.25) is 0 Å². The summed E-state index contributed by atoms with van der Waals surface area (Å²) in [6.45, 7) is 12.9. The third kappa shape index (κ3) is 6.45. The Balaban J connectivity index is 0.000000288. The van der Waals surface area contributed by atoms with E-state index in [1.807, 2.05) is 20.8 Å². The van der Waals surface area contributed by atoms with Crippen LogP contribution in [0.3, 0.4) is 0 Å².